The number of likely N-dealkylation sites (tertiary alicyclic amines) is 1. The van der Waals surface area contributed by atoms with E-state index in [-0.39, 0.29) is 0 Å². The van der Waals surface area contributed by atoms with Crippen LogP contribution in [-0.2, 0) is 13.2 Å². The minimum Gasteiger partial charge on any atom is -0.489 e. The van der Waals surface area contributed by atoms with E-state index >= 15 is 0 Å². The van der Waals surface area contributed by atoms with Gasteiger partial charge in [-0.25, -0.2) is 0 Å². The minimum absolute atomic E-state index is 0.431. The summed E-state index contributed by atoms with van der Waals surface area (Å²) in [5, 5.41) is 4.86. The molecule has 1 saturated heterocycles. The van der Waals surface area contributed by atoms with E-state index in [1.165, 1.54) is 24.9 Å². The fourth-order valence-electron chi connectivity index (χ4n) is 3.47. The van der Waals surface area contributed by atoms with Gasteiger partial charge in [-0.1, -0.05) is 48.3 Å². The quantitative estimate of drug-likeness (QED) is 0.672. The fraction of sp³-hybridized carbons (Fsp3) is 0.429. The molecule has 2 aromatic rings. The molecule has 0 unspecified atom stereocenters. The average molecular weight is 393 g/mol. The molecule has 1 aliphatic rings. The largest absolute Gasteiger partial charge is 0.489 e. The molecule has 0 spiro atoms. The monoisotopic (exact) mass is 392 g/mol. The third-order valence-corrected chi connectivity index (χ3v) is 5.51. The first-order valence-electron chi connectivity index (χ1n) is 9.26. The molecule has 1 aliphatic heterocycles. The third-order valence-electron chi connectivity index (χ3n) is 4.92. The van der Waals surface area contributed by atoms with Gasteiger partial charge in [0.2, 0.25) is 0 Å². The molecule has 0 aromatic heterocycles. The minimum atomic E-state index is 0.431. The summed E-state index contributed by atoms with van der Waals surface area (Å²) in [5.74, 6) is 0.853. The smallest absolute Gasteiger partial charge is 0.120 e. The topological polar surface area (TPSA) is 24.5 Å². The molecule has 0 saturated carbocycles. The van der Waals surface area contributed by atoms with E-state index in [9.17, 15) is 0 Å². The van der Waals surface area contributed by atoms with Crippen LogP contribution in [0.3, 0.4) is 0 Å². The van der Waals surface area contributed by atoms with E-state index in [1.54, 1.807) is 6.07 Å². The van der Waals surface area contributed by atoms with Gasteiger partial charge in [-0.15, -0.1) is 0 Å². The zero-order valence-corrected chi connectivity index (χ0v) is 16.7. The van der Waals surface area contributed by atoms with E-state index in [0.717, 1.165) is 30.9 Å². The highest BCUT2D eigenvalue weighted by molar-refractivity contribution is 6.35. The van der Waals surface area contributed by atoms with Crippen molar-refractivity contribution in [2.24, 2.45) is 0 Å². The van der Waals surface area contributed by atoms with Crippen molar-refractivity contribution in [2.75, 3.05) is 19.6 Å². The molecule has 140 valence electrons. The number of hydrogen-bond donors (Lipinski definition) is 1. The number of nitrogens with zero attached hydrogens (tertiary/aromatic N) is 1. The second-order valence-corrected chi connectivity index (χ2v) is 7.57. The highest BCUT2D eigenvalue weighted by atomic mass is 35.5. The van der Waals surface area contributed by atoms with Gasteiger partial charge in [0.25, 0.3) is 0 Å². The predicted molar refractivity (Wildman–Crippen MR) is 109 cm³/mol. The summed E-state index contributed by atoms with van der Waals surface area (Å²) < 4.78 is 5.90. The van der Waals surface area contributed by atoms with Crippen molar-refractivity contribution in [3.63, 3.8) is 0 Å². The Hall–Kier alpha value is -1.26. The normalized spacial score (nSPS) is 17.6. The Balaban J connectivity index is 1.50. The van der Waals surface area contributed by atoms with Crippen molar-refractivity contribution in [2.45, 2.75) is 39.0 Å². The lowest BCUT2D eigenvalue weighted by molar-refractivity contribution is 0.260. The first-order chi connectivity index (χ1) is 12.7. The van der Waals surface area contributed by atoms with Crippen LogP contribution < -0.4 is 10.1 Å². The molecule has 0 radical (unpaired) electrons. The summed E-state index contributed by atoms with van der Waals surface area (Å²) in [6, 6.07) is 14.4. The Morgan fingerprint density at radius 2 is 2.08 bits per heavy atom. The zero-order chi connectivity index (χ0) is 18.4. The average Bonchev–Trinajstić information content (AvgIpc) is 3.09. The lowest BCUT2D eigenvalue weighted by Crippen LogP contribution is -2.37. The molecule has 5 heteroatoms. The van der Waals surface area contributed by atoms with Crippen molar-refractivity contribution >= 4 is 23.2 Å². The van der Waals surface area contributed by atoms with Crippen molar-refractivity contribution in [1.82, 2.24) is 10.2 Å². The van der Waals surface area contributed by atoms with Crippen LogP contribution in [-0.4, -0.2) is 30.6 Å². The molecule has 3 rings (SSSR count). The highest BCUT2D eigenvalue weighted by Gasteiger charge is 2.21. The van der Waals surface area contributed by atoms with E-state index in [1.807, 2.05) is 24.3 Å². The van der Waals surface area contributed by atoms with Crippen molar-refractivity contribution in [3.8, 4) is 5.75 Å². The fourth-order valence-corrected chi connectivity index (χ4v) is 3.93. The van der Waals surface area contributed by atoms with Crippen LogP contribution in [0, 0.1) is 0 Å². The number of halogens is 2. The molecule has 1 N–H and O–H groups in total. The number of nitrogens with one attached hydrogen (secondary N) is 1. The maximum atomic E-state index is 6.20. The van der Waals surface area contributed by atoms with E-state index < -0.39 is 0 Å². The van der Waals surface area contributed by atoms with Gasteiger partial charge < -0.3 is 10.1 Å². The van der Waals surface area contributed by atoms with Crippen molar-refractivity contribution < 1.29 is 4.74 Å². The molecule has 0 aliphatic carbocycles. The van der Waals surface area contributed by atoms with Gasteiger partial charge in [-0.3, -0.25) is 4.90 Å². The van der Waals surface area contributed by atoms with Crippen molar-refractivity contribution in [3.05, 3.63) is 63.6 Å². The van der Waals surface area contributed by atoms with Crippen molar-refractivity contribution in [1.29, 1.82) is 0 Å². The SMILES string of the molecule is CCN1CCC[C@@H]1CNCc1cccc(OCc2ccc(Cl)cc2Cl)c1. The Bertz CT molecular complexity index is 723. The maximum absolute atomic E-state index is 6.20. The zero-order valence-electron chi connectivity index (χ0n) is 15.2. The molecule has 1 heterocycles. The van der Waals surface area contributed by atoms with Crippen LogP contribution in [0.5, 0.6) is 5.75 Å². The summed E-state index contributed by atoms with van der Waals surface area (Å²) in [5.41, 5.74) is 2.16. The van der Waals surface area contributed by atoms with Crippen LogP contribution in [0.25, 0.3) is 0 Å². The number of benzene rings is 2. The molecule has 26 heavy (non-hydrogen) atoms. The Morgan fingerprint density at radius 1 is 1.19 bits per heavy atom. The Labute approximate surface area is 166 Å². The van der Waals surface area contributed by atoms with Crippen LogP contribution in [0.2, 0.25) is 10.0 Å². The van der Waals surface area contributed by atoms with E-state index in [0.29, 0.717) is 22.7 Å². The number of rotatable bonds is 8. The number of likely N-dealkylation sites (N-methyl/N-ethyl adjacent to an activating group) is 1. The van der Waals surface area contributed by atoms with E-state index in [2.05, 4.69) is 29.3 Å². The van der Waals surface area contributed by atoms with Crippen LogP contribution >= 0.6 is 23.2 Å². The number of ether oxygens (including phenoxy) is 1. The predicted octanol–water partition coefficient (Wildman–Crippen LogP) is 5.15. The molecule has 1 atom stereocenters. The van der Waals surface area contributed by atoms with Crippen LogP contribution in [0.1, 0.15) is 30.9 Å². The standard InChI is InChI=1S/C21H26Cl2N2O/c1-2-25-10-4-6-19(25)14-24-13-16-5-3-7-20(11-16)26-15-17-8-9-18(22)12-21(17)23/h3,5,7-9,11-12,19,24H,2,4,6,10,13-15H2,1H3/t19-/m1/s1. The van der Waals surface area contributed by atoms with Gasteiger partial charge in [0.1, 0.15) is 12.4 Å². The summed E-state index contributed by atoms with van der Waals surface area (Å²) in [4.78, 5) is 2.56. The first-order valence-corrected chi connectivity index (χ1v) is 10.0. The second-order valence-electron chi connectivity index (χ2n) is 6.73. The van der Waals surface area contributed by atoms with Gasteiger partial charge in [0, 0.05) is 34.7 Å². The van der Waals surface area contributed by atoms with Gasteiger partial charge >= 0.3 is 0 Å². The van der Waals surface area contributed by atoms with Gasteiger partial charge in [-0.05, 0) is 55.8 Å². The van der Waals surface area contributed by atoms with Gasteiger partial charge in [0.05, 0.1) is 0 Å². The molecule has 1 fully saturated rings. The van der Waals surface area contributed by atoms with E-state index in [4.69, 9.17) is 27.9 Å². The number of hydrogen-bond acceptors (Lipinski definition) is 3. The van der Waals surface area contributed by atoms with Crippen LogP contribution in [0.4, 0.5) is 0 Å². The first kappa shape index (κ1) is 19.5. The Kier molecular flexibility index (Phi) is 7.21. The Morgan fingerprint density at radius 3 is 2.88 bits per heavy atom. The molecule has 3 nitrogen and oxygen atoms in total. The molecule has 0 bridgehead atoms. The van der Waals surface area contributed by atoms with Gasteiger partial charge in [-0.2, -0.15) is 0 Å². The molecular weight excluding hydrogens is 367 g/mol. The summed E-state index contributed by atoms with van der Waals surface area (Å²) in [7, 11) is 0. The molecular formula is C21H26Cl2N2O. The van der Waals surface area contributed by atoms with Gasteiger partial charge in [0.15, 0.2) is 0 Å². The third kappa shape index (κ3) is 5.37. The molecule has 2 aromatic carbocycles. The second kappa shape index (κ2) is 9.61. The summed E-state index contributed by atoms with van der Waals surface area (Å²) in [6.07, 6.45) is 2.61. The highest BCUT2D eigenvalue weighted by Crippen LogP contribution is 2.23. The maximum Gasteiger partial charge on any atom is 0.120 e. The lowest BCUT2D eigenvalue weighted by Gasteiger charge is -2.23. The molecule has 0 amide bonds. The summed E-state index contributed by atoms with van der Waals surface area (Å²) >= 11 is 12.1. The summed E-state index contributed by atoms with van der Waals surface area (Å²) in [6.45, 7) is 6.95. The van der Waals surface area contributed by atoms with Crippen LogP contribution in [0.15, 0.2) is 42.5 Å². The lowest BCUT2D eigenvalue weighted by atomic mass is 10.2.